The SMILES string of the molecule is C=C(C(=O)c1nc(C(=O)NCC(=O)OC)cs1)/C(=C/C=C\CC)CC. The zero-order chi connectivity index (χ0) is 18.8. The zero-order valence-corrected chi connectivity index (χ0v) is 15.4. The number of ketones is 1. The van der Waals surface area contributed by atoms with Crippen molar-refractivity contribution in [2.45, 2.75) is 26.7 Å². The smallest absolute Gasteiger partial charge is 0.325 e. The first-order valence-corrected chi connectivity index (χ1v) is 8.72. The highest BCUT2D eigenvalue weighted by Crippen LogP contribution is 2.20. The summed E-state index contributed by atoms with van der Waals surface area (Å²) in [4.78, 5) is 39.5. The molecular formula is C18H22N2O4S. The first-order chi connectivity index (χ1) is 11.9. The number of carbonyl (C=O) groups excluding carboxylic acids is 3. The van der Waals surface area contributed by atoms with Gasteiger partial charge in [0.15, 0.2) is 5.01 Å². The number of ether oxygens (including phenoxy) is 1. The lowest BCUT2D eigenvalue weighted by Crippen LogP contribution is -2.30. The fourth-order valence-electron chi connectivity index (χ4n) is 1.82. The number of hydrogen-bond donors (Lipinski definition) is 1. The van der Waals surface area contributed by atoms with E-state index in [1.165, 1.54) is 12.5 Å². The average molecular weight is 362 g/mol. The van der Waals surface area contributed by atoms with Crippen molar-refractivity contribution in [1.82, 2.24) is 10.3 Å². The van der Waals surface area contributed by atoms with Gasteiger partial charge in [0.1, 0.15) is 12.2 Å². The van der Waals surface area contributed by atoms with Gasteiger partial charge in [0, 0.05) is 11.0 Å². The summed E-state index contributed by atoms with van der Waals surface area (Å²) in [5.41, 5.74) is 1.26. The van der Waals surface area contributed by atoms with Gasteiger partial charge >= 0.3 is 5.97 Å². The largest absolute Gasteiger partial charge is 0.468 e. The second kappa shape index (κ2) is 10.4. The number of Topliss-reactive ketones (excluding diaryl/α,β-unsaturated/α-hetero) is 1. The molecule has 0 radical (unpaired) electrons. The topological polar surface area (TPSA) is 85.4 Å². The van der Waals surface area contributed by atoms with Crippen molar-refractivity contribution in [3.63, 3.8) is 0 Å². The Morgan fingerprint density at radius 3 is 2.68 bits per heavy atom. The number of rotatable bonds is 9. The summed E-state index contributed by atoms with van der Waals surface area (Å²) in [7, 11) is 1.23. The number of nitrogens with zero attached hydrogens (tertiary/aromatic N) is 1. The minimum absolute atomic E-state index is 0.0814. The molecular weight excluding hydrogens is 340 g/mol. The highest BCUT2D eigenvalue weighted by Gasteiger charge is 2.19. The van der Waals surface area contributed by atoms with E-state index in [0.29, 0.717) is 12.0 Å². The van der Waals surface area contributed by atoms with Gasteiger partial charge in [0.2, 0.25) is 5.78 Å². The molecule has 0 aliphatic carbocycles. The fourth-order valence-corrected chi connectivity index (χ4v) is 2.59. The molecule has 134 valence electrons. The first-order valence-electron chi connectivity index (χ1n) is 7.84. The summed E-state index contributed by atoms with van der Waals surface area (Å²) < 4.78 is 4.44. The number of allylic oxidation sites excluding steroid dienone is 5. The molecule has 0 aromatic carbocycles. The van der Waals surface area contributed by atoms with E-state index in [1.807, 2.05) is 32.1 Å². The van der Waals surface area contributed by atoms with E-state index in [1.54, 1.807) is 0 Å². The molecule has 0 unspecified atom stereocenters. The van der Waals surface area contributed by atoms with Crippen LogP contribution in [0.15, 0.2) is 41.3 Å². The number of thiazole rings is 1. The van der Waals surface area contributed by atoms with Gasteiger partial charge in [0.05, 0.1) is 7.11 Å². The van der Waals surface area contributed by atoms with E-state index in [9.17, 15) is 14.4 Å². The van der Waals surface area contributed by atoms with Crippen LogP contribution in [0.3, 0.4) is 0 Å². The number of amides is 1. The normalized spacial score (nSPS) is 11.4. The monoisotopic (exact) mass is 362 g/mol. The molecule has 25 heavy (non-hydrogen) atoms. The third kappa shape index (κ3) is 6.11. The molecule has 1 rings (SSSR count). The number of carbonyl (C=O) groups is 3. The van der Waals surface area contributed by atoms with Crippen molar-refractivity contribution in [3.8, 4) is 0 Å². The minimum atomic E-state index is -0.564. The Bertz CT molecular complexity index is 716. The highest BCUT2D eigenvalue weighted by molar-refractivity contribution is 7.12. The summed E-state index contributed by atoms with van der Waals surface area (Å²) in [6.45, 7) is 7.57. The molecule has 0 saturated carbocycles. The fraction of sp³-hybridized carbons (Fsp3) is 0.333. The van der Waals surface area contributed by atoms with Gasteiger partial charge in [-0.3, -0.25) is 14.4 Å². The van der Waals surface area contributed by atoms with Gasteiger partial charge in [-0.25, -0.2) is 4.98 Å². The van der Waals surface area contributed by atoms with Gasteiger partial charge < -0.3 is 10.1 Å². The number of methoxy groups -OCH3 is 1. The Kier molecular flexibility index (Phi) is 8.49. The van der Waals surface area contributed by atoms with Crippen LogP contribution in [0.2, 0.25) is 0 Å². The van der Waals surface area contributed by atoms with Gasteiger partial charge in [-0.1, -0.05) is 38.7 Å². The lowest BCUT2D eigenvalue weighted by Gasteiger charge is -2.05. The Morgan fingerprint density at radius 2 is 2.08 bits per heavy atom. The third-order valence-corrected chi connectivity index (χ3v) is 4.10. The van der Waals surface area contributed by atoms with E-state index in [4.69, 9.17) is 0 Å². The minimum Gasteiger partial charge on any atom is -0.468 e. The Balaban J connectivity index is 2.83. The van der Waals surface area contributed by atoms with Crippen LogP contribution in [-0.2, 0) is 9.53 Å². The van der Waals surface area contributed by atoms with Crippen LogP contribution in [0.25, 0.3) is 0 Å². The van der Waals surface area contributed by atoms with Crippen molar-refractivity contribution in [3.05, 3.63) is 52.0 Å². The van der Waals surface area contributed by atoms with Crippen LogP contribution in [0.4, 0.5) is 0 Å². The molecule has 1 heterocycles. The molecule has 1 aromatic heterocycles. The molecule has 1 N–H and O–H groups in total. The maximum Gasteiger partial charge on any atom is 0.325 e. The molecule has 0 aliphatic heterocycles. The number of esters is 1. The molecule has 0 atom stereocenters. The van der Waals surface area contributed by atoms with Crippen molar-refractivity contribution >= 4 is 29.0 Å². The summed E-state index contributed by atoms with van der Waals surface area (Å²) in [6.07, 6.45) is 7.31. The Morgan fingerprint density at radius 1 is 1.36 bits per heavy atom. The van der Waals surface area contributed by atoms with Gasteiger partial charge in [-0.2, -0.15) is 0 Å². The maximum absolute atomic E-state index is 12.5. The Hall–Kier alpha value is -2.54. The standard InChI is InChI=1S/C18H22N2O4S/c1-5-7-8-9-13(6-2)12(3)16(22)18-20-14(11-25-18)17(23)19-10-15(21)24-4/h7-9,11H,3,5-6,10H2,1-2,4H3,(H,19,23)/b8-7-,13-9+. The molecule has 0 spiro atoms. The van der Waals surface area contributed by atoms with Crippen molar-refractivity contribution in [2.24, 2.45) is 0 Å². The van der Waals surface area contributed by atoms with Crippen LogP contribution in [0.5, 0.6) is 0 Å². The van der Waals surface area contributed by atoms with Crippen LogP contribution in [-0.4, -0.2) is 36.3 Å². The molecule has 7 heteroatoms. The third-order valence-electron chi connectivity index (χ3n) is 3.26. The second-order valence-corrected chi connectivity index (χ2v) is 5.84. The average Bonchev–Trinajstić information content (AvgIpc) is 3.12. The predicted octanol–water partition coefficient (Wildman–Crippen LogP) is 3.09. The van der Waals surface area contributed by atoms with Crippen LogP contribution in [0, 0.1) is 0 Å². The molecule has 1 aromatic rings. The van der Waals surface area contributed by atoms with Crippen molar-refractivity contribution < 1.29 is 19.1 Å². The van der Waals surface area contributed by atoms with Gasteiger partial charge in [-0.05, 0) is 18.4 Å². The van der Waals surface area contributed by atoms with Crippen LogP contribution >= 0.6 is 11.3 Å². The van der Waals surface area contributed by atoms with E-state index in [-0.39, 0.29) is 23.0 Å². The molecule has 6 nitrogen and oxygen atoms in total. The molecule has 0 saturated heterocycles. The number of nitrogens with one attached hydrogen (secondary N) is 1. The summed E-state index contributed by atoms with van der Waals surface area (Å²) in [5, 5.41) is 4.03. The summed E-state index contributed by atoms with van der Waals surface area (Å²) >= 11 is 1.07. The Labute approximate surface area is 151 Å². The molecule has 0 aliphatic rings. The summed E-state index contributed by atoms with van der Waals surface area (Å²) in [6, 6.07) is 0. The highest BCUT2D eigenvalue weighted by atomic mass is 32.1. The second-order valence-electron chi connectivity index (χ2n) is 4.99. The first kappa shape index (κ1) is 20.5. The lowest BCUT2D eigenvalue weighted by molar-refractivity contribution is -0.139. The zero-order valence-electron chi connectivity index (χ0n) is 14.6. The number of hydrogen-bond acceptors (Lipinski definition) is 6. The van der Waals surface area contributed by atoms with Crippen molar-refractivity contribution in [1.29, 1.82) is 0 Å². The van der Waals surface area contributed by atoms with Crippen LogP contribution < -0.4 is 5.32 Å². The molecule has 0 fully saturated rings. The summed E-state index contributed by atoms with van der Waals surface area (Å²) in [5.74, 6) is -1.41. The van der Waals surface area contributed by atoms with Crippen LogP contribution in [0.1, 0.15) is 47.0 Å². The van der Waals surface area contributed by atoms with Crippen molar-refractivity contribution in [2.75, 3.05) is 13.7 Å². The predicted molar refractivity (Wildman–Crippen MR) is 97.7 cm³/mol. The van der Waals surface area contributed by atoms with E-state index in [2.05, 4.69) is 21.6 Å². The van der Waals surface area contributed by atoms with E-state index < -0.39 is 11.9 Å². The van der Waals surface area contributed by atoms with E-state index >= 15 is 0 Å². The maximum atomic E-state index is 12.5. The number of aromatic nitrogens is 1. The molecule has 1 amide bonds. The lowest BCUT2D eigenvalue weighted by atomic mass is 10.0. The van der Waals surface area contributed by atoms with Gasteiger partial charge in [0.25, 0.3) is 5.91 Å². The van der Waals surface area contributed by atoms with E-state index in [0.717, 1.165) is 23.3 Å². The quantitative estimate of drug-likeness (QED) is 0.316. The molecule has 0 bridgehead atoms. The van der Waals surface area contributed by atoms with Gasteiger partial charge in [-0.15, -0.1) is 11.3 Å².